The second-order valence-corrected chi connectivity index (χ2v) is 7.31. The molecule has 1 heterocycles. The van der Waals surface area contributed by atoms with E-state index in [1.165, 1.54) is 6.07 Å². The van der Waals surface area contributed by atoms with Gasteiger partial charge in [0.05, 0.1) is 5.71 Å². The molecule has 0 unspecified atom stereocenters. The van der Waals surface area contributed by atoms with Gasteiger partial charge in [-0.15, -0.1) is 0 Å². The lowest BCUT2D eigenvalue weighted by Gasteiger charge is -2.30. The number of halogens is 1. The number of aromatic hydroxyl groups is 1. The van der Waals surface area contributed by atoms with Gasteiger partial charge in [0.2, 0.25) is 5.91 Å². The molecule has 0 spiro atoms. The monoisotopic (exact) mass is 386 g/mol. The molecule has 8 heteroatoms. The van der Waals surface area contributed by atoms with Crippen molar-refractivity contribution in [3.05, 3.63) is 53.1 Å². The highest BCUT2D eigenvalue weighted by Gasteiger charge is 2.34. The van der Waals surface area contributed by atoms with Crippen LogP contribution in [0.2, 0.25) is 5.02 Å². The van der Waals surface area contributed by atoms with Gasteiger partial charge in [0.1, 0.15) is 5.75 Å². The van der Waals surface area contributed by atoms with E-state index < -0.39 is 11.4 Å². The van der Waals surface area contributed by atoms with Gasteiger partial charge in [-0.2, -0.15) is 5.10 Å². The molecule has 0 saturated heterocycles. The Bertz CT molecular complexity index is 940. The molecular formula is C19H19ClN4O3. The zero-order valence-electron chi connectivity index (χ0n) is 14.8. The van der Waals surface area contributed by atoms with E-state index in [0.29, 0.717) is 27.7 Å². The fourth-order valence-electron chi connectivity index (χ4n) is 2.88. The fraction of sp³-hybridized carbons (Fsp3) is 0.211. The number of carbonyl (C=O) groups is 2. The van der Waals surface area contributed by atoms with Crippen LogP contribution in [-0.2, 0) is 4.79 Å². The fourth-order valence-corrected chi connectivity index (χ4v) is 3.07. The van der Waals surface area contributed by atoms with E-state index in [-0.39, 0.29) is 18.1 Å². The average Bonchev–Trinajstić information content (AvgIpc) is 2.56. The third-order valence-electron chi connectivity index (χ3n) is 4.13. The molecule has 0 saturated carbocycles. The molecule has 0 bridgehead atoms. The van der Waals surface area contributed by atoms with Crippen molar-refractivity contribution < 1.29 is 14.7 Å². The van der Waals surface area contributed by atoms with Crippen molar-refractivity contribution in [3.63, 3.8) is 0 Å². The largest absolute Gasteiger partial charge is 0.507 e. The number of nitrogens with one attached hydrogen (secondary N) is 3. The number of amides is 3. The Morgan fingerprint density at radius 1 is 1.19 bits per heavy atom. The first kappa shape index (κ1) is 18.7. The van der Waals surface area contributed by atoms with Crippen LogP contribution in [0.4, 0.5) is 16.2 Å². The van der Waals surface area contributed by atoms with Crippen LogP contribution in [0.25, 0.3) is 0 Å². The van der Waals surface area contributed by atoms with E-state index in [0.717, 1.165) is 0 Å². The molecular weight excluding hydrogens is 368 g/mol. The second-order valence-electron chi connectivity index (χ2n) is 6.88. The molecule has 7 nitrogen and oxygen atoms in total. The number of anilines is 2. The molecule has 0 fully saturated rings. The Morgan fingerprint density at radius 3 is 2.56 bits per heavy atom. The molecule has 0 aromatic heterocycles. The third-order valence-corrected chi connectivity index (χ3v) is 4.36. The number of nitrogens with zero attached hydrogens (tertiary/aromatic N) is 1. The molecule has 2 aromatic carbocycles. The lowest BCUT2D eigenvalue weighted by molar-refractivity contribution is -0.122. The molecule has 0 aliphatic carbocycles. The predicted octanol–water partition coefficient (Wildman–Crippen LogP) is 3.94. The van der Waals surface area contributed by atoms with E-state index in [2.05, 4.69) is 21.2 Å². The summed E-state index contributed by atoms with van der Waals surface area (Å²) in [5, 5.41) is 20.3. The first-order valence-electron chi connectivity index (χ1n) is 8.28. The SMILES string of the molecule is CC1(C)CC(=O)NN=C1c1cc(NC(=O)Nc2cccc(Cl)c2)ccc1O. The third kappa shape index (κ3) is 4.38. The van der Waals surface area contributed by atoms with E-state index in [1.807, 2.05) is 13.8 Å². The van der Waals surface area contributed by atoms with Crippen molar-refractivity contribution in [3.8, 4) is 5.75 Å². The van der Waals surface area contributed by atoms with E-state index in [9.17, 15) is 14.7 Å². The molecule has 3 rings (SSSR count). The summed E-state index contributed by atoms with van der Waals surface area (Å²) >= 11 is 5.91. The highest BCUT2D eigenvalue weighted by atomic mass is 35.5. The lowest BCUT2D eigenvalue weighted by Crippen LogP contribution is -2.39. The smallest absolute Gasteiger partial charge is 0.323 e. The van der Waals surface area contributed by atoms with Gasteiger partial charge in [-0.25, -0.2) is 10.2 Å². The van der Waals surface area contributed by atoms with Gasteiger partial charge in [-0.3, -0.25) is 4.79 Å². The summed E-state index contributed by atoms with van der Waals surface area (Å²) in [5.41, 5.74) is 3.89. The van der Waals surface area contributed by atoms with Crippen molar-refractivity contribution in [1.82, 2.24) is 5.43 Å². The maximum Gasteiger partial charge on any atom is 0.323 e. The van der Waals surface area contributed by atoms with Gasteiger partial charge in [0.15, 0.2) is 0 Å². The average molecular weight is 387 g/mol. The number of urea groups is 1. The molecule has 0 atom stereocenters. The number of benzene rings is 2. The Balaban J connectivity index is 1.81. The zero-order valence-corrected chi connectivity index (χ0v) is 15.6. The van der Waals surface area contributed by atoms with Crippen molar-refractivity contribution in [1.29, 1.82) is 0 Å². The maximum atomic E-state index is 12.2. The van der Waals surface area contributed by atoms with Crippen LogP contribution >= 0.6 is 11.6 Å². The van der Waals surface area contributed by atoms with E-state index >= 15 is 0 Å². The normalized spacial score (nSPS) is 15.5. The van der Waals surface area contributed by atoms with Gasteiger partial charge in [-0.1, -0.05) is 31.5 Å². The Hall–Kier alpha value is -3.06. The summed E-state index contributed by atoms with van der Waals surface area (Å²) in [6.45, 7) is 3.74. The van der Waals surface area contributed by atoms with E-state index in [1.54, 1.807) is 36.4 Å². The molecule has 1 aliphatic heterocycles. The minimum absolute atomic E-state index is 0.0128. The van der Waals surface area contributed by atoms with Gasteiger partial charge in [0.25, 0.3) is 0 Å². The van der Waals surface area contributed by atoms with Crippen LogP contribution in [0.3, 0.4) is 0 Å². The quantitative estimate of drug-likeness (QED) is 0.600. The van der Waals surface area contributed by atoms with E-state index in [4.69, 9.17) is 11.6 Å². The maximum absolute atomic E-state index is 12.2. The van der Waals surface area contributed by atoms with Gasteiger partial charge in [0, 0.05) is 33.8 Å². The number of rotatable bonds is 3. The predicted molar refractivity (Wildman–Crippen MR) is 105 cm³/mol. The summed E-state index contributed by atoms with van der Waals surface area (Å²) in [7, 11) is 0. The Labute approximate surface area is 161 Å². The first-order chi connectivity index (χ1) is 12.7. The zero-order chi connectivity index (χ0) is 19.6. The molecule has 1 aliphatic rings. The molecule has 3 amide bonds. The van der Waals surface area contributed by atoms with Crippen LogP contribution in [0, 0.1) is 5.41 Å². The van der Waals surface area contributed by atoms with Crippen molar-refractivity contribution in [2.75, 3.05) is 10.6 Å². The molecule has 27 heavy (non-hydrogen) atoms. The number of hydrazone groups is 1. The number of hydrogen-bond donors (Lipinski definition) is 4. The minimum Gasteiger partial charge on any atom is -0.507 e. The lowest BCUT2D eigenvalue weighted by atomic mass is 9.79. The molecule has 4 N–H and O–H groups in total. The molecule has 140 valence electrons. The number of hydrogen-bond acceptors (Lipinski definition) is 4. The minimum atomic E-state index is -0.554. The first-order valence-corrected chi connectivity index (χ1v) is 8.66. The van der Waals surface area contributed by atoms with Crippen molar-refractivity contribution in [2.45, 2.75) is 20.3 Å². The highest BCUT2D eigenvalue weighted by Crippen LogP contribution is 2.34. The molecule has 0 radical (unpaired) electrons. The number of carbonyl (C=O) groups excluding carboxylic acids is 2. The van der Waals surface area contributed by atoms with Crippen LogP contribution < -0.4 is 16.1 Å². The summed E-state index contributed by atoms with van der Waals surface area (Å²) in [4.78, 5) is 23.8. The highest BCUT2D eigenvalue weighted by molar-refractivity contribution is 6.30. The molecule has 2 aromatic rings. The van der Waals surface area contributed by atoms with Gasteiger partial charge in [-0.05, 0) is 36.4 Å². The van der Waals surface area contributed by atoms with Gasteiger partial charge < -0.3 is 15.7 Å². The second kappa shape index (κ2) is 7.28. The van der Waals surface area contributed by atoms with Crippen LogP contribution in [-0.4, -0.2) is 22.8 Å². The Kier molecular flexibility index (Phi) is 5.05. The summed E-state index contributed by atoms with van der Waals surface area (Å²) < 4.78 is 0. The van der Waals surface area contributed by atoms with Crippen LogP contribution in [0.5, 0.6) is 5.75 Å². The summed E-state index contributed by atoms with van der Waals surface area (Å²) in [6, 6.07) is 11.0. The topological polar surface area (TPSA) is 103 Å². The van der Waals surface area contributed by atoms with Crippen molar-refractivity contribution in [2.24, 2.45) is 10.5 Å². The number of phenolic OH excluding ortho intramolecular Hbond substituents is 1. The Morgan fingerprint density at radius 2 is 1.89 bits per heavy atom. The van der Waals surface area contributed by atoms with Gasteiger partial charge >= 0.3 is 6.03 Å². The van der Waals surface area contributed by atoms with Crippen LogP contribution in [0.1, 0.15) is 25.8 Å². The summed E-state index contributed by atoms with van der Waals surface area (Å²) in [5.74, 6) is -0.169. The summed E-state index contributed by atoms with van der Waals surface area (Å²) in [6.07, 6.45) is 0.248. The van der Waals surface area contributed by atoms with Crippen LogP contribution in [0.15, 0.2) is 47.6 Å². The number of phenols is 1. The standard InChI is InChI=1S/C19H19ClN4O3/c1-19(2)10-16(26)23-24-17(19)14-9-13(6-7-15(14)25)22-18(27)21-12-5-3-4-11(20)8-12/h3-9,25H,10H2,1-2H3,(H,23,26)(H2,21,22,27). The van der Waals surface area contributed by atoms with Crippen molar-refractivity contribution >= 4 is 40.6 Å².